The zero-order valence-corrected chi connectivity index (χ0v) is 14.6. The maximum atomic E-state index is 12.9. The second kappa shape index (κ2) is 7.74. The topological polar surface area (TPSA) is 59.3 Å². The van der Waals surface area contributed by atoms with E-state index in [9.17, 15) is 9.18 Å². The zero-order valence-electron chi connectivity index (χ0n) is 14.6. The van der Waals surface area contributed by atoms with Crippen LogP contribution in [-0.2, 0) is 11.2 Å². The molecule has 26 heavy (non-hydrogen) atoms. The van der Waals surface area contributed by atoms with Crippen LogP contribution >= 0.6 is 0 Å². The number of pyridine rings is 1. The highest BCUT2D eigenvalue weighted by atomic mass is 19.1. The van der Waals surface area contributed by atoms with Gasteiger partial charge in [-0.25, -0.2) is 14.8 Å². The monoisotopic (exact) mass is 350 g/mol. The minimum atomic E-state index is -0.324. The summed E-state index contributed by atoms with van der Waals surface area (Å²) >= 11 is 0. The van der Waals surface area contributed by atoms with Crippen molar-refractivity contribution in [3.05, 3.63) is 83.1 Å². The van der Waals surface area contributed by atoms with Crippen LogP contribution in [0.4, 0.5) is 4.39 Å². The third kappa shape index (κ3) is 4.03. The standard InChI is InChI=1S/C20H19FN4O/c1-14-11-17(15(2)25(14)19-5-3-4-10-22-19)13-23-24-20(26)12-16-6-8-18(21)9-7-16/h3-11,13H,12H2,1-2H3,(H,24,26)/b23-13+. The number of aryl methyl sites for hydroxylation is 1. The van der Waals surface area contributed by atoms with Gasteiger partial charge in [-0.15, -0.1) is 0 Å². The molecule has 0 saturated carbocycles. The molecule has 1 aromatic carbocycles. The number of aromatic nitrogens is 2. The van der Waals surface area contributed by atoms with Gasteiger partial charge in [-0.1, -0.05) is 18.2 Å². The Morgan fingerprint density at radius 1 is 1.23 bits per heavy atom. The molecule has 0 aliphatic carbocycles. The first-order valence-electron chi connectivity index (χ1n) is 8.21. The molecule has 0 unspecified atom stereocenters. The highest BCUT2D eigenvalue weighted by molar-refractivity contribution is 5.84. The number of hydrogen-bond acceptors (Lipinski definition) is 3. The maximum absolute atomic E-state index is 12.9. The SMILES string of the molecule is Cc1cc(/C=N/NC(=O)Cc2ccc(F)cc2)c(C)n1-c1ccccn1. The van der Waals surface area contributed by atoms with Crippen molar-refractivity contribution in [3.63, 3.8) is 0 Å². The Labute approximate surface area is 151 Å². The van der Waals surface area contributed by atoms with Crippen LogP contribution < -0.4 is 5.43 Å². The molecular weight excluding hydrogens is 331 g/mol. The van der Waals surface area contributed by atoms with E-state index in [2.05, 4.69) is 15.5 Å². The summed E-state index contributed by atoms with van der Waals surface area (Å²) in [5.41, 5.74) is 6.14. The largest absolute Gasteiger partial charge is 0.303 e. The van der Waals surface area contributed by atoms with Crippen molar-refractivity contribution in [2.24, 2.45) is 5.10 Å². The van der Waals surface area contributed by atoms with Crippen molar-refractivity contribution in [3.8, 4) is 5.82 Å². The van der Waals surface area contributed by atoms with Crippen LogP contribution in [0.3, 0.4) is 0 Å². The summed E-state index contributed by atoms with van der Waals surface area (Å²) in [6, 6.07) is 13.6. The Balaban J connectivity index is 1.67. The minimum absolute atomic E-state index is 0.143. The lowest BCUT2D eigenvalue weighted by atomic mass is 10.1. The molecule has 0 fully saturated rings. The summed E-state index contributed by atoms with van der Waals surface area (Å²) in [5, 5.41) is 4.03. The summed E-state index contributed by atoms with van der Waals surface area (Å²) in [7, 11) is 0. The summed E-state index contributed by atoms with van der Waals surface area (Å²) < 4.78 is 14.9. The molecule has 0 aliphatic rings. The van der Waals surface area contributed by atoms with Gasteiger partial charge >= 0.3 is 0 Å². The first-order valence-corrected chi connectivity index (χ1v) is 8.21. The van der Waals surface area contributed by atoms with Gasteiger partial charge in [-0.05, 0) is 49.7 Å². The van der Waals surface area contributed by atoms with Gasteiger partial charge in [-0.3, -0.25) is 4.79 Å². The smallest absolute Gasteiger partial charge is 0.244 e. The molecule has 3 aromatic rings. The number of benzene rings is 1. The van der Waals surface area contributed by atoms with Gasteiger partial charge in [0, 0.05) is 23.1 Å². The average molecular weight is 350 g/mol. The first-order chi connectivity index (χ1) is 12.5. The predicted molar refractivity (Wildman–Crippen MR) is 98.9 cm³/mol. The molecule has 3 rings (SSSR count). The van der Waals surface area contributed by atoms with Crippen LogP contribution in [0.25, 0.3) is 5.82 Å². The Bertz CT molecular complexity index is 930. The number of amides is 1. The van der Waals surface area contributed by atoms with Crippen LogP contribution in [-0.4, -0.2) is 21.7 Å². The van der Waals surface area contributed by atoms with E-state index in [-0.39, 0.29) is 18.1 Å². The zero-order chi connectivity index (χ0) is 18.5. The van der Waals surface area contributed by atoms with Crippen molar-refractivity contribution in [2.45, 2.75) is 20.3 Å². The first kappa shape index (κ1) is 17.5. The average Bonchev–Trinajstić information content (AvgIpc) is 2.91. The molecule has 0 atom stereocenters. The van der Waals surface area contributed by atoms with Gasteiger partial charge in [0.25, 0.3) is 0 Å². The molecule has 132 valence electrons. The number of hydrazone groups is 1. The van der Waals surface area contributed by atoms with Crippen molar-refractivity contribution < 1.29 is 9.18 Å². The normalized spacial score (nSPS) is 11.0. The number of carbonyl (C=O) groups is 1. The number of rotatable bonds is 5. The van der Waals surface area contributed by atoms with E-state index in [0.29, 0.717) is 0 Å². The molecule has 1 amide bonds. The van der Waals surface area contributed by atoms with Crippen molar-refractivity contribution >= 4 is 12.1 Å². The number of nitrogens with one attached hydrogen (secondary N) is 1. The maximum Gasteiger partial charge on any atom is 0.244 e. The quantitative estimate of drug-likeness (QED) is 0.567. The molecule has 0 bridgehead atoms. The minimum Gasteiger partial charge on any atom is -0.303 e. The van der Waals surface area contributed by atoms with Crippen LogP contribution in [0.1, 0.15) is 22.5 Å². The van der Waals surface area contributed by atoms with Crippen LogP contribution in [0.5, 0.6) is 0 Å². The highest BCUT2D eigenvalue weighted by Crippen LogP contribution is 2.17. The summed E-state index contributed by atoms with van der Waals surface area (Å²) in [6.07, 6.45) is 3.51. The van der Waals surface area contributed by atoms with Crippen molar-refractivity contribution in [1.82, 2.24) is 15.0 Å². The summed E-state index contributed by atoms with van der Waals surface area (Å²) in [4.78, 5) is 16.3. The fourth-order valence-electron chi connectivity index (χ4n) is 2.76. The Morgan fingerprint density at radius 2 is 2.00 bits per heavy atom. The lowest BCUT2D eigenvalue weighted by Gasteiger charge is -2.07. The van der Waals surface area contributed by atoms with E-state index in [4.69, 9.17) is 0 Å². The lowest BCUT2D eigenvalue weighted by molar-refractivity contribution is -0.120. The molecule has 0 radical (unpaired) electrons. The van der Waals surface area contributed by atoms with E-state index in [1.54, 1.807) is 24.5 Å². The van der Waals surface area contributed by atoms with Crippen LogP contribution in [0, 0.1) is 19.7 Å². The summed E-state index contributed by atoms with van der Waals surface area (Å²) in [6.45, 7) is 3.97. The highest BCUT2D eigenvalue weighted by Gasteiger charge is 2.10. The van der Waals surface area contributed by atoms with Crippen LogP contribution in [0.2, 0.25) is 0 Å². The fourth-order valence-corrected chi connectivity index (χ4v) is 2.76. The molecule has 5 nitrogen and oxygen atoms in total. The molecule has 1 N–H and O–H groups in total. The van der Waals surface area contributed by atoms with Gasteiger partial charge in [-0.2, -0.15) is 5.10 Å². The molecule has 2 aromatic heterocycles. The molecule has 2 heterocycles. The molecule has 0 saturated heterocycles. The van der Waals surface area contributed by atoms with Gasteiger partial charge < -0.3 is 4.57 Å². The van der Waals surface area contributed by atoms with E-state index in [0.717, 1.165) is 28.3 Å². The Morgan fingerprint density at radius 3 is 2.69 bits per heavy atom. The van der Waals surface area contributed by atoms with Crippen molar-refractivity contribution in [1.29, 1.82) is 0 Å². The molecule has 6 heteroatoms. The Hall–Kier alpha value is -3.28. The number of halogens is 1. The van der Waals surface area contributed by atoms with E-state index in [1.807, 2.05) is 42.7 Å². The van der Waals surface area contributed by atoms with E-state index >= 15 is 0 Å². The number of hydrogen-bond donors (Lipinski definition) is 1. The fraction of sp³-hybridized carbons (Fsp3) is 0.150. The lowest BCUT2D eigenvalue weighted by Crippen LogP contribution is -2.19. The van der Waals surface area contributed by atoms with Gasteiger partial charge in [0.1, 0.15) is 11.6 Å². The van der Waals surface area contributed by atoms with E-state index < -0.39 is 0 Å². The Kier molecular flexibility index (Phi) is 5.22. The van der Waals surface area contributed by atoms with Crippen LogP contribution in [0.15, 0.2) is 59.8 Å². The summed E-state index contributed by atoms with van der Waals surface area (Å²) in [5.74, 6) is 0.254. The third-order valence-corrected chi connectivity index (χ3v) is 4.02. The molecular formula is C20H19FN4O. The van der Waals surface area contributed by atoms with Gasteiger partial charge in [0.2, 0.25) is 5.91 Å². The van der Waals surface area contributed by atoms with Gasteiger partial charge in [0.05, 0.1) is 12.6 Å². The molecule has 0 spiro atoms. The second-order valence-electron chi connectivity index (χ2n) is 5.95. The predicted octanol–water partition coefficient (Wildman–Crippen LogP) is 3.32. The number of carbonyl (C=O) groups excluding carboxylic acids is 1. The van der Waals surface area contributed by atoms with E-state index in [1.165, 1.54) is 12.1 Å². The third-order valence-electron chi connectivity index (χ3n) is 4.02. The number of nitrogens with zero attached hydrogens (tertiary/aromatic N) is 3. The van der Waals surface area contributed by atoms with Crippen molar-refractivity contribution in [2.75, 3.05) is 0 Å². The molecule has 0 aliphatic heterocycles. The second-order valence-corrected chi connectivity index (χ2v) is 5.95. The van der Waals surface area contributed by atoms with Gasteiger partial charge in [0.15, 0.2) is 0 Å².